The highest BCUT2D eigenvalue weighted by atomic mass is 35.5. The molecule has 2 aliphatic heterocycles. The van der Waals surface area contributed by atoms with E-state index in [1.807, 2.05) is 35.4 Å². The molecule has 0 aliphatic carbocycles. The van der Waals surface area contributed by atoms with Crippen molar-refractivity contribution in [2.45, 2.75) is 32.1 Å². The Bertz CT molecular complexity index is 1710. The maximum absolute atomic E-state index is 13.2. The number of piperidine rings is 1. The summed E-state index contributed by atoms with van der Waals surface area (Å²) in [6, 6.07) is 16.6. The van der Waals surface area contributed by atoms with Gasteiger partial charge in [-0.3, -0.25) is 14.6 Å². The van der Waals surface area contributed by atoms with Gasteiger partial charge in [-0.05, 0) is 91.3 Å². The first-order valence-electron chi connectivity index (χ1n) is 14.2. The van der Waals surface area contributed by atoms with Crippen LogP contribution in [0.25, 0.3) is 0 Å². The van der Waals surface area contributed by atoms with Crippen LogP contribution in [0, 0.1) is 17.2 Å². The van der Waals surface area contributed by atoms with Crippen molar-refractivity contribution in [2.24, 2.45) is 5.92 Å². The molecule has 11 heteroatoms. The average Bonchev–Trinajstić information content (AvgIpc) is 3.03. The van der Waals surface area contributed by atoms with Gasteiger partial charge in [0.05, 0.1) is 29.7 Å². The van der Waals surface area contributed by atoms with Crippen LogP contribution in [0.4, 0.5) is 28.8 Å². The van der Waals surface area contributed by atoms with Gasteiger partial charge in [-0.2, -0.15) is 10.2 Å². The Hall–Kier alpha value is -5.01. The minimum absolute atomic E-state index is 0.0444. The van der Waals surface area contributed by atoms with E-state index in [4.69, 9.17) is 16.9 Å². The highest BCUT2D eigenvalue weighted by Crippen LogP contribution is 2.30. The molecule has 2 aromatic heterocycles. The Kier molecular flexibility index (Phi) is 8.16. The van der Waals surface area contributed by atoms with E-state index in [0.29, 0.717) is 53.8 Å². The summed E-state index contributed by atoms with van der Waals surface area (Å²) in [5, 5.41) is 19.0. The molecule has 0 spiro atoms. The Morgan fingerprint density at radius 2 is 1.81 bits per heavy atom. The Labute approximate surface area is 254 Å². The van der Waals surface area contributed by atoms with Gasteiger partial charge in [0.15, 0.2) is 5.82 Å². The third kappa shape index (κ3) is 6.74. The number of hydrogen-bond acceptors (Lipinski definition) is 8. The first-order valence-corrected chi connectivity index (χ1v) is 14.5. The molecule has 10 nitrogen and oxygen atoms in total. The lowest BCUT2D eigenvalue weighted by Gasteiger charge is -2.32. The number of amides is 2. The molecule has 6 rings (SSSR count). The molecule has 2 aromatic carbocycles. The fourth-order valence-electron chi connectivity index (χ4n) is 5.43. The summed E-state index contributed by atoms with van der Waals surface area (Å²) in [7, 11) is 0. The third-order valence-corrected chi connectivity index (χ3v) is 8.03. The normalized spacial score (nSPS) is 14.6. The van der Waals surface area contributed by atoms with Gasteiger partial charge in [-0.1, -0.05) is 11.6 Å². The van der Waals surface area contributed by atoms with Crippen LogP contribution < -0.4 is 16.0 Å². The number of hydrogen-bond donors (Lipinski definition) is 3. The second-order valence-electron chi connectivity index (χ2n) is 10.8. The summed E-state index contributed by atoms with van der Waals surface area (Å²) in [6.45, 7) is 1.19. The van der Waals surface area contributed by atoms with Crippen LogP contribution in [0.3, 0.4) is 0 Å². The van der Waals surface area contributed by atoms with Gasteiger partial charge in [0.1, 0.15) is 5.02 Å². The molecule has 3 N–H and O–H groups in total. The van der Waals surface area contributed by atoms with Gasteiger partial charge in [-0.15, -0.1) is 0 Å². The van der Waals surface area contributed by atoms with E-state index < -0.39 is 0 Å². The lowest BCUT2D eigenvalue weighted by atomic mass is 9.92. The van der Waals surface area contributed by atoms with Crippen molar-refractivity contribution in [3.05, 3.63) is 94.4 Å². The topological polar surface area (TPSA) is 136 Å². The first kappa shape index (κ1) is 28.1. The third-order valence-electron chi connectivity index (χ3n) is 7.76. The largest absolute Gasteiger partial charge is 0.339 e. The summed E-state index contributed by atoms with van der Waals surface area (Å²) in [5.41, 5.74) is 5.44. The van der Waals surface area contributed by atoms with Gasteiger partial charge >= 0.3 is 0 Å². The van der Waals surface area contributed by atoms with Crippen molar-refractivity contribution in [3.63, 3.8) is 0 Å². The predicted octanol–water partition coefficient (Wildman–Crippen LogP) is 5.86. The number of aromatic nitrogens is 3. The average molecular weight is 593 g/mol. The number of nitriles is 1. The molecular weight excluding hydrogens is 564 g/mol. The van der Waals surface area contributed by atoms with Crippen molar-refractivity contribution in [2.75, 3.05) is 29.0 Å². The maximum Gasteiger partial charge on any atom is 0.253 e. The number of halogens is 1. The van der Waals surface area contributed by atoms with Crippen molar-refractivity contribution in [1.29, 1.82) is 5.26 Å². The van der Waals surface area contributed by atoms with E-state index in [1.54, 1.807) is 36.7 Å². The summed E-state index contributed by atoms with van der Waals surface area (Å²) in [4.78, 5) is 41.1. The Balaban J connectivity index is 1.12. The van der Waals surface area contributed by atoms with Crippen LogP contribution in [0.2, 0.25) is 5.02 Å². The molecule has 4 aromatic rings. The van der Waals surface area contributed by atoms with Crippen molar-refractivity contribution < 1.29 is 9.59 Å². The standard InChI is InChI=1S/C32H29ClN8O2/c33-27-19-36-32-38-26-13-22(17-35-18-26)3-6-24-15-25(37-30(27)40-32)7-8-28(24)39-29(42)14-20-9-11-41(12-10-20)31(43)23-4-1-21(16-34)2-5-23/h1-2,4-5,7-8,13,15,17-20H,3,6,9-12,14H2,(H,39,42)(H2,36,37,38,40). The number of anilines is 5. The number of carbonyl (C=O) groups is 2. The Morgan fingerprint density at radius 1 is 1.00 bits per heavy atom. The van der Waals surface area contributed by atoms with Crippen LogP contribution in [-0.4, -0.2) is 44.8 Å². The maximum atomic E-state index is 13.2. The highest BCUT2D eigenvalue weighted by Gasteiger charge is 2.25. The number of aryl methyl sites for hydroxylation is 2. The second kappa shape index (κ2) is 12.5. The van der Waals surface area contributed by atoms with E-state index in [-0.39, 0.29) is 17.7 Å². The zero-order valence-corrected chi connectivity index (χ0v) is 24.1. The molecule has 0 atom stereocenters. The number of nitrogens with one attached hydrogen (secondary N) is 3. The fraction of sp³-hybridized carbons (Fsp3) is 0.250. The molecule has 2 amide bonds. The van der Waals surface area contributed by atoms with Crippen LogP contribution in [0.15, 0.2) is 67.1 Å². The minimum Gasteiger partial charge on any atom is -0.339 e. The molecule has 2 aliphatic rings. The molecule has 0 unspecified atom stereocenters. The monoisotopic (exact) mass is 592 g/mol. The summed E-state index contributed by atoms with van der Waals surface area (Å²) >= 11 is 6.38. The van der Waals surface area contributed by atoms with E-state index in [0.717, 1.165) is 47.5 Å². The molecule has 1 saturated heterocycles. The van der Waals surface area contributed by atoms with Crippen LogP contribution in [0.1, 0.15) is 46.3 Å². The van der Waals surface area contributed by atoms with Gasteiger partial charge in [-0.25, -0.2) is 4.98 Å². The lowest BCUT2D eigenvalue weighted by molar-refractivity contribution is -0.117. The van der Waals surface area contributed by atoms with E-state index in [1.165, 1.54) is 0 Å². The molecule has 1 fully saturated rings. The number of fused-ring (bicyclic) bond motifs is 6. The molecular formula is C32H29ClN8O2. The molecule has 0 radical (unpaired) electrons. The van der Waals surface area contributed by atoms with Crippen molar-refractivity contribution in [1.82, 2.24) is 19.9 Å². The van der Waals surface area contributed by atoms with Crippen molar-refractivity contribution in [3.8, 4) is 6.07 Å². The van der Waals surface area contributed by atoms with E-state index in [9.17, 15) is 9.59 Å². The van der Waals surface area contributed by atoms with Gasteiger partial charge in [0.2, 0.25) is 11.9 Å². The predicted molar refractivity (Wildman–Crippen MR) is 165 cm³/mol. The first-order chi connectivity index (χ1) is 20.9. The van der Waals surface area contributed by atoms with Crippen LogP contribution >= 0.6 is 11.6 Å². The number of benzene rings is 2. The minimum atomic E-state index is -0.0481. The summed E-state index contributed by atoms with van der Waals surface area (Å²) < 4.78 is 0. The fourth-order valence-corrected chi connectivity index (χ4v) is 5.56. The molecule has 0 saturated carbocycles. The van der Waals surface area contributed by atoms with Gasteiger partial charge in [0, 0.05) is 42.6 Å². The Morgan fingerprint density at radius 3 is 2.60 bits per heavy atom. The number of pyridine rings is 1. The SMILES string of the molecule is N#Cc1ccc(C(=O)N2CCC(CC(=O)Nc3ccc4cc3CCc3cncc(c3)Nc3ncc(Cl)c(n3)N4)CC2)cc1. The number of nitrogens with zero attached hydrogens (tertiary/aromatic N) is 5. The van der Waals surface area contributed by atoms with Crippen LogP contribution in [-0.2, 0) is 17.6 Å². The van der Waals surface area contributed by atoms with E-state index >= 15 is 0 Å². The number of carbonyl (C=O) groups excluding carboxylic acids is 2. The molecule has 6 bridgehead atoms. The van der Waals surface area contributed by atoms with Gasteiger partial charge in [0.25, 0.3) is 5.91 Å². The lowest BCUT2D eigenvalue weighted by Crippen LogP contribution is -2.39. The molecule has 4 heterocycles. The second-order valence-corrected chi connectivity index (χ2v) is 11.2. The quantitative estimate of drug-likeness (QED) is 0.268. The number of likely N-dealkylation sites (tertiary alicyclic amines) is 1. The highest BCUT2D eigenvalue weighted by molar-refractivity contribution is 6.32. The van der Waals surface area contributed by atoms with Crippen LogP contribution in [0.5, 0.6) is 0 Å². The van der Waals surface area contributed by atoms with Crippen molar-refractivity contribution >= 4 is 52.2 Å². The zero-order chi connectivity index (χ0) is 29.8. The number of rotatable bonds is 4. The smallest absolute Gasteiger partial charge is 0.253 e. The zero-order valence-electron chi connectivity index (χ0n) is 23.3. The molecule has 216 valence electrons. The summed E-state index contributed by atoms with van der Waals surface area (Å²) in [6.07, 6.45) is 8.39. The van der Waals surface area contributed by atoms with E-state index in [2.05, 4.69) is 37.0 Å². The molecule has 43 heavy (non-hydrogen) atoms. The van der Waals surface area contributed by atoms with Gasteiger partial charge < -0.3 is 20.9 Å². The summed E-state index contributed by atoms with van der Waals surface area (Å²) in [5.74, 6) is 0.963.